The Kier molecular flexibility index (Phi) is 4.03. The third-order valence-corrected chi connectivity index (χ3v) is 3.84. The molecular weight excluding hydrogens is 271 g/mol. The molecule has 112 valence electrons. The summed E-state index contributed by atoms with van der Waals surface area (Å²) in [6, 6.07) is 3.11. The van der Waals surface area contributed by atoms with E-state index in [-0.39, 0.29) is 17.9 Å². The van der Waals surface area contributed by atoms with Crippen LogP contribution in [0.15, 0.2) is 24.5 Å². The molecule has 2 heterocycles. The number of pyridine rings is 1. The Bertz CT molecular complexity index is 634. The number of nitrogens with zero attached hydrogens (tertiary/aromatic N) is 2. The van der Waals surface area contributed by atoms with Gasteiger partial charge in [-0.15, -0.1) is 0 Å². The number of amides is 2. The van der Waals surface area contributed by atoms with E-state index < -0.39 is 0 Å². The monoisotopic (exact) mass is 290 g/mol. The van der Waals surface area contributed by atoms with E-state index in [9.17, 15) is 9.18 Å². The van der Waals surface area contributed by atoms with Crippen LogP contribution in [0.25, 0.3) is 5.65 Å². The third-order valence-electron chi connectivity index (χ3n) is 3.84. The van der Waals surface area contributed by atoms with Gasteiger partial charge in [-0.2, -0.15) is 0 Å². The molecule has 0 spiro atoms. The van der Waals surface area contributed by atoms with Crippen LogP contribution in [0, 0.1) is 5.82 Å². The molecule has 1 aliphatic carbocycles. The summed E-state index contributed by atoms with van der Waals surface area (Å²) in [4.78, 5) is 16.2. The fourth-order valence-electron chi connectivity index (χ4n) is 2.76. The number of fused-ring (bicyclic) bond motifs is 1. The molecule has 1 saturated carbocycles. The first-order valence-electron chi connectivity index (χ1n) is 7.38. The minimum absolute atomic E-state index is 0.162. The van der Waals surface area contributed by atoms with Gasteiger partial charge in [0.1, 0.15) is 11.5 Å². The lowest BCUT2D eigenvalue weighted by atomic mass is 9.96. The van der Waals surface area contributed by atoms with Crippen molar-refractivity contribution in [2.24, 2.45) is 0 Å². The van der Waals surface area contributed by atoms with Crippen molar-refractivity contribution in [3.05, 3.63) is 36.0 Å². The zero-order valence-corrected chi connectivity index (χ0v) is 11.8. The molecule has 6 heteroatoms. The number of aromatic nitrogens is 2. The molecule has 5 nitrogen and oxygen atoms in total. The van der Waals surface area contributed by atoms with E-state index in [0.717, 1.165) is 12.8 Å². The first-order chi connectivity index (χ1) is 10.2. The molecule has 2 N–H and O–H groups in total. The molecule has 0 radical (unpaired) electrons. The Morgan fingerprint density at radius 2 is 2.10 bits per heavy atom. The Morgan fingerprint density at radius 3 is 2.90 bits per heavy atom. The highest BCUT2D eigenvalue weighted by Crippen LogP contribution is 2.17. The van der Waals surface area contributed by atoms with Crippen LogP contribution in [0.5, 0.6) is 0 Å². The van der Waals surface area contributed by atoms with Gasteiger partial charge in [0.15, 0.2) is 0 Å². The number of nitrogens with one attached hydrogen (secondary N) is 2. The quantitative estimate of drug-likeness (QED) is 0.913. The predicted octanol–water partition coefficient (Wildman–Crippen LogP) is 2.61. The normalized spacial score (nSPS) is 16.0. The summed E-state index contributed by atoms with van der Waals surface area (Å²) in [6.07, 6.45) is 8.83. The second kappa shape index (κ2) is 6.11. The molecule has 1 aliphatic rings. The van der Waals surface area contributed by atoms with Crippen LogP contribution in [-0.4, -0.2) is 21.5 Å². The molecule has 0 bridgehead atoms. The topological polar surface area (TPSA) is 58.4 Å². The Balaban J connectivity index is 1.54. The summed E-state index contributed by atoms with van der Waals surface area (Å²) in [6.45, 7) is 0.335. The largest absolute Gasteiger partial charge is 0.335 e. The number of rotatable bonds is 3. The molecule has 0 saturated heterocycles. The third kappa shape index (κ3) is 3.51. The molecule has 2 aromatic rings. The van der Waals surface area contributed by atoms with Crippen molar-refractivity contribution in [3.63, 3.8) is 0 Å². The average Bonchev–Trinajstić information content (AvgIpc) is 2.88. The number of hydrogen-bond donors (Lipinski definition) is 2. The molecule has 2 amide bonds. The van der Waals surface area contributed by atoms with Crippen LogP contribution < -0.4 is 10.6 Å². The number of imidazole rings is 1. The van der Waals surface area contributed by atoms with Crippen molar-refractivity contribution in [2.45, 2.75) is 44.7 Å². The molecule has 0 aliphatic heterocycles. The van der Waals surface area contributed by atoms with Gasteiger partial charge < -0.3 is 15.0 Å². The predicted molar refractivity (Wildman–Crippen MR) is 77.4 cm³/mol. The van der Waals surface area contributed by atoms with Crippen molar-refractivity contribution < 1.29 is 9.18 Å². The highest BCUT2D eigenvalue weighted by Gasteiger charge is 2.15. The van der Waals surface area contributed by atoms with E-state index in [1.165, 1.54) is 31.5 Å². The van der Waals surface area contributed by atoms with Gasteiger partial charge in [-0.05, 0) is 25.0 Å². The van der Waals surface area contributed by atoms with Gasteiger partial charge in [-0.3, -0.25) is 0 Å². The van der Waals surface area contributed by atoms with Crippen LogP contribution in [-0.2, 0) is 6.54 Å². The van der Waals surface area contributed by atoms with Crippen LogP contribution in [0.2, 0.25) is 0 Å². The van der Waals surface area contributed by atoms with Crippen LogP contribution in [0.3, 0.4) is 0 Å². The van der Waals surface area contributed by atoms with Crippen LogP contribution >= 0.6 is 0 Å². The first-order valence-corrected chi connectivity index (χ1v) is 7.38. The van der Waals surface area contributed by atoms with Crippen molar-refractivity contribution in [3.8, 4) is 0 Å². The fraction of sp³-hybridized carbons (Fsp3) is 0.467. The first kappa shape index (κ1) is 13.9. The van der Waals surface area contributed by atoms with Gasteiger partial charge in [0.2, 0.25) is 0 Å². The smallest absolute Gasteiger partial charge is 0.315 e. The minimum Gasteiger partial charge on any atom is -0.335 e. The number of carbonyl (C=O) groups is 1. The zero-order chi connectivity index (χ0) is 14.7. The fourth-order valence-corrected chi connectivity index (χ4v) is 2.76. The van der Waals surface area contributed by atoms with Gasteiger partial charge in [0.25, 0.3) is 0 Å². The van der Waals surface area contributed by atoms with Crippen molar-refractivity contribution >= 4 is 11.7 Å². The summed E-state index contributed by atoms with van der Waals surface area (Å²) in [7, 11) is 0. The number of urea groups is 1. The van der Waals surface area contributed by atoms with Gasteiger partial charge in [-0.25, -0.2) is 14.2 Å². The summed E-state index contributed by atoms with van der Waals surface area (Å²) in [5.41, 5.74) is 1.38. The van der Waals surface area contributed by atoms with E-state index in [1.807, 2.05) is 0 Å². The van der Waals surface area contributed by atoms with Gasteiger partial charge in [0.05, 0.1) is 12.2 Å². The van der Waals surface area contributed by atoms with E-state index in [1.54, 1.807) is 16.7 Å². The standard InChI is InChI=1S/C15H19FN4O/c16-11-6-7-14-18-13(10-20(14)9-11)8-17-15(21)19-12-4-2-1-3-5-12/h6-7,9-10,12H,1-5,8H2,(H2,17,19,21). The summed E-state index contributed by atoms with van der Waals surface area (Å²) in [5, 5.41) is 5.79. The molecule has 0 atom stereocenters. The van der Waals surface area contributed by atoms with Crippen molar-refractivity contribution in [1.29, 1.82) is 0 Å². The maximum Gasteiger partial charge on any atom is 0.315 e. The van der Waals surface area contributed by atoms with Crippen molar-refractivity contribution in [2.75, 3.05) is 0 Å². The van der Waals surface area contributed by atoms with E-state index in [2.05, 4.69) is 15.6 Å². The van der Waals surface area contributed by atoms with Gasteiger partial charge in [0, 0.05) is 18.4 Å². The van der Waals surface area contributed by atoms with E-state index >= 15 is 0 Å². The van der Waals surface area contributed by atoms with E-state index in [0.29, 0.717) is 17.9 Å². The maximum absolute atomic E-state index is 13.1. The lowest BCUT2D eigenvalue weighted by Gasteiger charge is -2.22. The molecule has 0 aromatic carbocycles. The van der Waals surface area contributed by atoms with Crippen LogP contribution in [0.4, 0.5) is 9.18 Å². The lowest BCUT2D eigenvalue weighted by molar-refractivity contribution is 0.232. The van der Waals surface area contributed by atoms with Gasteiger partial charge >= 0.3 is 6.03 Å². The second-order valence-electron chi connectivity index (χ2n) is 5.51. The SMILES string of the molecule is O=C(NCc1cn2cc(F)ccc2n1)NC1CCCCC1. The number of hydrogen-bond acceptors (Lipinski definition) is 2. The molecule has 0 unspecified atom stereocenters. The van der Waals surface area contributed by atoms with Crippen LogP contribution in [0.1, 0.15) is 37.8 Å². The molecule has 1 fully saturated rings. The molecule has 21 heavy (non-hydrogen) atoms. The van der Waals surface area contributed by atoms with Crippen molar-refractivity contribution in [1.82, 2.24) is 20.0 Å². The highest BCUT2D eigenvalue weighted by molar-refractivity contribution is 5.74. The minimum atomic E-state index is -0.311. The number of carbonyl (C=O) groups excluding carboxylic acids is 1. The Labute approximate surface area is 122 Å². The summed E-state index contributed by atoms with van der Waals surface area (Å²) < 4.78 is 14.7. The zero-order valence-electron chi connectivity index (χ0n) is 11.8. The molecule has 3 rings (SSSR count). The van der Waals surface area contributed by atoms with E-state index in [4.69, 9.17) is 0 Å². The maximum atomic E-state index is 13.1. The lowest BCUT2D eigenvalue weighted by Crippen LogP contribution is -2.42. The summed E-state index contributed by atoms with van der Waals surface area (Å²) in [5.74, 6) is -0.311. The molecule has 2 aromatic heterocycles. The highest BCUT2D eigenvalue weighted by atomic mass is 19.1. The Hall–Kier alpha value is -2.11. The van der Waals surface area contributed by atoms with Gasteiger partial charge in [-0.1, -0.05) is 19.3 Å². The average molecular weight is 290 g/mol. The second-order valence-corrected chi connectivity index (χ2v) is 5.51. The number of halogens is 1. The molecular formula is C15H19FN4O. The Morgan fingerprint density at radius 1 is 1.29 bits per heavy atom. The summed E-state index contributed by atoms with van der Waals surface area (Å²) >= 11 is 0.